The summed E-state index contributed by atoms with van der Waals surface area (Å²) in [6.45, 7) is 2.02. The largest absolute Gasteiger partial charge is 0.353 e. The van der Waals surface area contributed by atoms with Crippen molar-refractivity contribution in [1.82, 2.24) is 10.6 Å². The van der Waals surface area contributed by atoms with Gasteiger partial charge in [0.25, 0.3) is 5.91 Å². The number of hydrogen-bond donors (Lipinski definition) is 2. The molecule has 0 spiro atoms. The van der Waals surface area contributed by atoms with Crippen molar-refractivity contribution in [2.75, 3.05) is 0 Å². The molecule has 0 saturated heterocycles. The van der Waals surface area contributed by atoms with Crippen molar-refractivity contribution in [3.05, 3.63) is 33.8 Å². The van der Waals surface area contributed by atoms with E-state index >= 15 is 0 Å². The van der Waals surface area contributed by atoms with Crippen LogP contribution in [0.15, 0.2) is 27.7 Å². The summed E-state index contributed by atoms with van der Waals surface area (Å²) in [6, 6.07) is 6.00. The van der Waals surface area contributed by atoms with Crippen molar-refractivity contribution in [2.24, 2.45) is 4.99 Å². The smallest absolute Gasteiger partial charge is 0.256 e. The molecule has 1 unspecified atom stereocenters. The molecule has 1 aromatic rings. The average molecular weight is 308 g/mol. The van der Waals surface area contributed by atoms with E-state index in [0.717, 1.165) is 28.4 Å². The molecule has 1 aromatic carbocycles. The van der Waals surface area contributed by atoms with Crippen LogP contribution in [0.1, 0.15) is 30.0 Å². The molecular weight excluding hydrogens is 294 g/mol. The van der Waals surface area contributed by atoms with Gasteiger partial charge in [0.05, 0.1) is 0 Å². The Morgan fingerprint density at radius 2 is 2.22 bits per heavy atom. The fraction of sp³-hybridized carbons (Fsp3) is 0.385. The normalized spacial score (nSPS) is 22.7. The van der Waals surface area contributed by atoms with Gasteiger partial charge in [0.2, 0.25) is 0 Å². The number of amides is 1. The summed E-state index contributed by atoms with van der Waals surface area (Å²) >= 11 is 3.50. The average Bonchev–Trinajstić information content (AvgIpc) is 3.03. The molecule has 1 atom stereocenters. The third-order valence-corrected chi connectivity index (χ3v) is 3.80. The highest BCUT2D eigenvalue weighted by molar-refractivity contribution is 9.10. The lowest BCUT2D eigenvalue weighted by atomic mass is 10.1. The van der Waals surface area contributed by atoms with E-state index in [-0.39, 0.29) is 5.91 Å². The van der Waals surface area contributed by atoms with Crippen LogP contribution in [0, 0.1) is 6.92 Å². The number of carbonyl (C=O) groups excluding carboxylic acids is 1. The lowest BCUT2D eigenvalue weighted by Gasteiger charge is -2.08. The molecule has 2 N–H and O–H groups in total. The van der Waals surface area contributed by atoms with Crippen LogP contribution in [0.4, 0.5) is 0 Å². The van der Waals surface area contributed by atoms with Gasteiger partial charge in [0.1, 0.15) is 0 Å². The fourth-order valence-electron chi connectivity index (χ4n) is 1.96. The Bertz CT molecular complexity index is 537. The number of aliphatic imine (C=N–C) groups is 1. The summed E-state index contributed by atoms with van der Waals surface area (Å²) in [5.41, 5.74) is 2.06. The van der Waals surface area contributed by atoms with Gasteiger partial charge in [-0.15, -0.1) is 0 Å². The van der Waals surface area contributed by atoms with Gasteiger partial charge in [-0.05, 0) is 31.4 Å². The van der Waals surface area contributed by atoms with Crippen molar-refractivity contribution < 1.29 is 4.79 Å². The number of nitrogens with zero attached hydrogens (tertiary/aromatic N) is 1. The molecule has 1 aliphatic heterocycles. The van der Waals surface area contributed by atoms with Gasteiger partial charge in [-0.1, -0.05) is 28.1 Å². The lowest BCUT2D eigenvalue weighted by molar-refractivity contribution is -0.120. The van der Waals surface area contributed by atoms with Crippen LogP contribution in [-0.2, 0) is 4.79 Å². The van der Waals surface area contributed by atoms with Crippen LogP contribution >= 0.6 is 15.9 Å². The molecule has 0 bridgehead atoms. The highest BCUT2D eigenvalue weighted by Crippen LogP contribution is 2.29. The van der Waals surface area contributed by atoms with E-state index in [4.69, 9.17) is 0 Å². The van der Waals surface area contributed by atoms with Crippen LogP contribution in [-0.4, -0.2) is 17.9 Å². The molecule has 1 amide bonds. The van der Waals surface area contributed by atoms with E-state index < -0.39 is 6.04 Å². The van der Waals surface area contributed by atoms with Crippen molar-refractivity contribution in [3.63, 3.8) is 0 Å². The highest BCUT2D eigenvalue weighted by Gasteiger charge is 2.32. The quantitative estimate of drug-likeness (QED) is 0.878. The van der Waals surface area contributed by atoms with E-state index in [9.17, 15) is 4.79 Å². The Balaban J connectivity index is 1.86. The van der Waals surface area contributed by atoms with Gasteiger partial charge in [-0.3, -0.25) is 10.1 Å². The van der Waals surface area contributed by atoms with Crippen LogP contribution < -0.4 is 10.6 Å². The monoisotopic (exact) mass is 307 g/mol. The molecule has 0 radical (unpaired) electrons. The van der Waals surface area contributed by atoms with E-state index in [1.54, 1.807) is 0 Å². The van der Waals surface area contributed by atoms with Gasteiger partial charge >= 0.3 is 0 Å². The summed E-state index contributed by atoms with van der Waals surface area (Å²) in [6.07, 6.45) is 2.32. The maximum atomic E-state index is 11.9. The number of rotatable bonds is 2. The van der Waals surface area contributed by atoms with Gasteiger partial charge in [0, 0.05) is 16.1 Å². The van der Waals surface area contributed by atoms with E-state index in [2.05, 4.69) is 31.6 Å². The number of carbonyl (C=O) groups is 1. The summed E-state index contributed by atoms with van der Waals surface area (Å²) in [5, 5.41) is 6.01. The minimum atomic E-state index is -0.443. The summed E-state index contributed by atoms with van der Waals surface area (Å²) in [7, 11) is 0. The zero-order chi connectivity index (χ0) is 12.7. The first-order valence-corrected chi connectivity index (χ1v) is 6.84. The number of nitrogens with one attached hydrogen (secondary N) is 2. The third-order valence-electron chi connectivity index (χ3n) is 3.12. The van der Waals surface area contributed by atoms with Crippen LogP contribution in [0.3, 0.4) is 0 Å². The van der Waals surface area contributed by atoms with Crippen LogP contribution in [0.25, 0.3) is 0 Å². The predicted octanol–water partition coefficient (Wildman–Crippen LogP) is 2.04. The zero-order valence-corrected chi connectivity index (χ0v) is 11.6. The summed E-state index contributed by atoms with van der Waals surface area (Å²) in [4.78, 5) is 16.4. The number of guanidine groups is 1. The molecule has 18 heavy (non-hydrogen) atoms. The van der Waals surface area contributed by atoms with E-state index in [0.29, 0.717) is 12.0 Å². The van der Waals surface area contributed by atoms with E-state index in [1.807, 2.05) is 25.1 Å². The highest BCUT2D eigenvalue weighted by atomic mass is 79.9. The summed E-state index contributed by atoms with van der Waals surface area (Å²) in [5.74, 6) is 0.544. The zero-order valence-electron chi connectivity index (χ0n) is 10.0. The Morgan fingerprint density at radius 1 is 1.44 bits per heavy atom. The number of benzene rings is 1. The number of hydrogen-bond acceptors (Lipinski definition) is 3. The van der Waals surface area contributed by atoms with Crippen molar-refractivity contribution in [1.29, 1.82) is 0 Å². The maximum absolute atomic E-state index is 11.9. The molecule has 2 aliphatic rings. The molecule has 1 saturated carbocycles. The molecule has 3 rings (SSSR count). The fourth-order valence-corrected chi connectivity index (χ4v) is 2.67. The van der Waals surface area contributed by atoms with Crippen molar-refractivity contribution in [3.8, 4) is 0 Å². The van der Waals surface area contributed by atoms with Crippen LogP contribution in [0.2, 0.25) is 0 Å². The van der Waals surface area contributed by atoms with Gasteiger partial charge < -0.3 is 5.32 Å². The lowest BCUT2D eigenvalue weighted by Crippen LogP contribution is -2.37. The molecule has 94 valence electrons. The van der Waals surface area contributed by atoms with Crippen LogP contribution in [0.5, 0.6) is 0 Å². The van der Waals surface area contributed by atoms with Gasteiger partial charge in [-0.2, -0.15) is 0 Å². The molecule has 5 heteroatoms. The number of halogens is 1. The SMILES string of the molecule is Cc1ccc(C2N=C(NC3CC3)NC2=O)c(Br)c1. The Hall–Kier alpha value is -1.36. The second-order valence-electron chi connectivity index (χ2n) is 4.81. The second-order valence-corrected chi connectivity index (χ2v) is 5.67. The number of aryl methyl sites for hydroxylation is 1. The first-order chi connectivity index (χ1) is 8.63. The van der Waals surface area contributed by atoms with Crippen molar-refractivity contribution in [2.45, 2.75) is 31.8 Å². The molecular formula is C13H14BrN3O. The summed E-state index contributed by atoms with van der Waals surface area (Å²) < 4.78 is 0.930. The molecule has 1 fully saturated rings. The Kier molecular flexibility index (Phi) is 2.86. The Labute approximate surface area is 114 Å². The topological polar surface area (TPSA) is 53.5 Å². The predicted molar refractivity (Wildman–Crippen MR) is 73.4 cm³/mol. The van der Waals surface area contributed by atoms with Gasteiger partial charge in [0.15, 0.2) is 12.0 Å². The van der Waals surface area contributed by atoms with Gasteiger partial charge in [-0.25, -0.2) is 4.99 Å². The molecule has 0 aromatic heterocycles. The second kappa shape index (κ2) is 4.39. The molecule has 4 nitrogen and oxygen atoms in total. The molecule has 1 aliphatic carbocycles. The standard InChI is InChI=1S/C13H14BrN3O/c1-7-2-5-9(10(14)6-7)11-12(18)17-13(16-11)15-8-3-4-8/h2,5-6,8,11H,3-4H2,1H3,(H2,15,16,17,18). The minimum absolute atomic E-state index is 0.0669. The molecule has 1 heterocycles. The first-order valence-electron chi connectivity index (χ1n) is 6.05. The Morgan fingerprint density at radius 3 is 2.89 bits per heavy atom. The third kappa shape index (κ3) is 2.27. The van der Waals surface area contributed by atoms with E-state index in [1.165, 1.54) is 0 Å². The first kappa shape index (κ1) is 11.7. The maximum Gasteiger partial charge on any atom is 0.256 e. The van der Waals surface area contributed by atoms with Crippen molar-refractivity contribution >= 4 is 27.8 Å². The minimum Gasteiger partial charge on any atom is -0.353 e.